The molecule has 6 nitrogen and oxygen atoms in total. The summed E-state index contributed by atoms with van der Waals surface area (Å²) in [4.78, 5) is 23.4. The Morgan fingerprint density at radius 3 is 2.78 bits per heavy atom. The average Bonchev–Trinajstić information content (AvgIpc) is 3.17. The molecule has 0 aromatic carbocycles. The number of hydrogen-bond acceptors (Lipinski definition) is 5. The first-order chi connectivity index (χ1) is 11.4. The second-order valence-electron chi connectivity index (χ2n) is 5.70. The second kappa shape index (κ2) is 6.16. The molecule has 0 amide bonds. The van der Waals surface area contributed by atoms with Crippen LogP contribution in [0.1, 0.15) is 24.5 Å². The van der Waals surface area contributed by atoms with E-state index in [4.69, 9.17) is 0 Å². The van der Waals surface area contributed by atoms with E-state index in [-0.39, 0.29) is 0 Å². The molecule has 0 aliphatic carbocycles. The zero-order valence-electron chi connectivity index (χ0n) is 12.8. The Kier molecular flexibility index (Phi) is 3.71. The molecule has 1 fully saturated rings. The number of aromatic amines is 1. The van der Waals surface area contributed by atoms with E-state index in [1.807, 2.05) is 24.5 Å². The Balaban J connectivity index is 1.64. The summed E-state index contributed by atoms with van der Waals surface area (Å²) in [6, 6.07) is 6.04. The number of anilines is 1. The summed E-state index contributed by atoms with van der Waals surface area (Å²) in [7, 11) is 0. The molecular formula is C17H18N6. The van der Waals surface area contributed by atoms with E-state index in [9.17, 15) is 0 Å². The minimum absolute atomic E-state index is 0.333. The molecule has 6 heteroatoms. The molecule has 0 bridgehead atoms. The van der Waals surface area contributed by atoms with Crippen LogP contribution in [0.2, 0.25) is 0 Å². The molecule has 0 saturated carbocycles. The summed E-state index contributed by atoms with van der Waals surface area (Å²) in [5.74, 6) is 2.14. The molecular weight excluding hydrogens is 288 g/mol. The number of aromatic nitrogens is 5. The third-order valence-electron chi connectivity index (χ3n) is 4.23. The summed E-state index contributed by atoms with van der Waals surface area (Å²) in [6.45, 7) is 1.94. The van der Waals surface area contributed by atoms with Crippen molar-refractivity contribution in [2.24, 2.45) is 0 Å². The van der Waals surface area contributed by atoms with Gasteiger partial charge < -0.3 is 9.88 Å². The predicted octanol–water partition coefficient (Wildman–Crippen LogP) is 2.65. The van der Waals surface area contributed by atoms with Crippen molar-refractivity contribution in [3.8, 4) is 11.5 Å². The van der Waals surface area contributed by atoms with Crippen LogP contribution in [0, 0.1) is 0 Å². The molecule has 1 aliphatic heterocycles. The highest BCUT2D eigenvalue weighted by molar-refractivity contribution is 5.54. The first kappa shape index (κ1) is 13.9. The predicted molar refractivity (Wildman–Crippen MR) is 88.0 cm³/mol. The lowest BCUT2D eigenvalue weighted by molar-refractivity contribution is 0.498. The van der Waals surface area contributed by atoms with Gasteiger partial charge in [-0.15, -0.1) is 0 Å². The Hall–Kier alpha value is -2.76. The van der Waals surface area contributed by atoms with Gasteiger partial charge in [-0.05, 0) is 25.0 Å². The zero-order chi connectivity index (χ0) is 15.5. The molecule has 116 valence electrons. The van der Waals surface area contributed by atoms with E-state index in [1.54, 1.807) is 18.6 Å². The third-order valence-corrected chi connectivity index (χ3v) is 4.23. The molecule has 23 heavy (non-hydrogen) atoms. The first-order valence-electron chi connectivity index (χ1n) is 7.88. The quantitative estimate of drug-likeness (QED) is 0.805. The highest BCUT2D eigenvalue weighted by atomic mass is 15.2. The summed E-state index contributed by atoms with van der Waals surface area (Å²) in [5, 5.41) is 0. The van der Waals surface area contributed by atoms with Crippen LogP contribution in [0.3, 0.4) is 0 Å². The van der Waals surface area contributed by atoms with Crippen molar-refractivity contribution < 1.29 is 0 Å². The van der Waals surface area contributed by atoms with Crippen LogP contribution in [-0.2, 0) is 0 Å². The Morgan fingerprint density at radius 1 is 1.00 bits per heavy atom. The van der Waals surface area contributed by atoms with E-state index in [2.05, 4.69) is 35.9 Å². The number of hydrogen-bond donors (Lipinski definition) is 1. The fraction of sp³-hybridized carbons (Fsp3) is 0.294. The monoisotopic (exact) mass is 306 g/mol. The second-order valence-corrected chi connectivity index (χ2v) is 5.70. The number of nitrogens with zero attached hydrogens (tertiary/aromatic N) is 5. The summed E-state index contributed by atoms with van der Waals surface area (Å²) < 4.78 is 0. The molecule has 1 N–H and O–H groups in total. The first-order valence-corrected chi connectivity index (χ1v) is 7.88. The standard InChI is InChI=1S/C17H18N6/c1-2-6-18-14(5-1)23-11-3-4-13(12-23)15-16(20-8-7-19-15)17-21-9-10-22-17/h1-2,5-10,13H,3-4,11-12H2,(H,21,22)/t13-/m1/s1. The molecule has 1 atom stereocenters. The van der Waals surface area contributed by atoms with Gasteiger partial charge in [0.25, 0.3) is 0 Å². The van der Waals surface area contributed by atoms with Crippen LogP contribution in [0.4, 0.5) is 5.82 Å². The van der Waals surface area contributed by atoms with Crippen LogP contribution in [0.25, 0.3) is 11.5 Å². The molecule has 0 radical (unpaired) electrons. The Morgan fingerprint density at radius 2 is 1.96 bits per heavy atom. The summed E-state index contributed by atoms with van der Waals surface area (Å²) in [6.07, 6.45) is 11.1. The van der Waals surface area contributed by atoms with Gasteiger partial charge in [0.05, 0.1) is 5.69 Å². The normalized spacial score (nSPS) is 18.1. The van der Waals surface area contributed by atoms with Crippen molar-refractivity contribution in [2.75, 3.05) is 18.0 Å². The van der Waals surface area contributed by atoms with Crippen molar-refractivity contribution in [1.29, 1.82) is 0 Å². The van der Waals surface area contributed by atoms with Crippen LogP contribution in [0.5, 0.6) is 0 Å². The van der Waals surface area contributed by atoms with Gasteiger partial charge in [-0.25, -0.2) is 15.0 Å². The molecule has 3 aromatic rings. The highest BCUT2D eigenvalue weighted by Crippen LogP contribution is 2.31. The average molecular weight is 306 g/mol. The number of rotatable bonds is 3. The number of pyridine rings is 1. The summed E-state index contributed by atoms with van der Waals surface area (Å²) in [5.41, 5.74) is 1.87. The maximum absolute atomic E-state index is 4.62. The van der Waals surface area contributed by atoms with E-state index >= 15 is 0 Å². The van der Waals surface area contributed by atoms with E-state index < -0.39 is 0 Å². The van der Waals surface area contributed by atoms with Crippen molar-refractivity contribution in [3.05, 3.63) is 54.9 Å². The maximum atomic E-state index is 4.62. The number of H-pyrrole nitrogens is 1. The van der Waals surface area contributed by atoms with Crippen LogP contribution in [-0.4, -0.2) is 38.0 Å². The van der Waals surface area contributed by atoms with Crippen LogP contribution in [0.15, 0.2) is 49.2 Å². The summed E-state index contributed by atoms with van der Waals surface area (Å²) >= 11 is 0. The largest absolute Gasteiger partial charge is 0.356 e. The molecule has 0 spiro atoms. The minimum Gasteiger partial charge on any atom is -0.356 e. The van der Waals surface area contributed by atoms with Crippen molar-refractivity contribution in [2.45, 2.75) is 18.8 Å². The van der Waals surface area contributed by atoms with E-state index in [0.717, 1.165) is 49.0 Å². The van der Waals surface area contributed by atoms with Gasteiger partial charge in [0.15, 0.2) is 5.82 Å². The van der Waals surface area contributed by atoms with Gasteiger partial charge >= 0.3 is 0 Å². The lowest BCUT2D eigenvalue weighted by Gasteiger charge is -2.33. The van der Waals surface area contributed by atoms with Gasteiger partial charge in [0, 0.05) is 50.0 Å². The Bertz CT molecular complexity index is 756. The molecule has 3 aromatic heterocycles. The topological polar surface area (TPSA) is 70.6 Å². The van der Waals surface area contributed by atoms with Gasteiger partial charge in [0.2, 0.25) is 0 Å². The van der Waals surface area contributed by atoms with Gasteiger partial charge in [0.1, 0.15) is 11.5 Å². The lowest BCUT2D eigenvalue weighted by atomic mass is 9.93. The molecule has 0 unspecified atom stereocenters. The molecule has 1 aliphatic rings. The van der Waals surface area contributed by atoms with Crippen LogP contribution < -0.4 is 4.90 Å². The Labute approximate surface area is 134 Å². The highest BCUT2D eigenvalue weighted by Gasteiger charge is 2.26. The van der Waals surface area contributed by atoms with Crippen molar-refractivity contribution in [1.82, 2.24) is 24.9 Å². The number of imidazole rings is 1. The zero-order valence-corrected chi connectivity index (χ0v) is 12.8. The van der Waals surface area contributed by atoms with Crippen molar-refractivity contribution in [3.63, 3.8) is 0 Å². The SMILES string of the molecule is c1ccc(N2CCC[C@@H](c3nccnc3-c3ncc[nH]3)C2)nc1. The van der Waals surface area contributed by atoms with Gasteiger partial charge in [-0.2, -0.15) is 0 Å². The lowest BCUT2D eigenvalue weighted by Crippen LogP contribution is -2.35. The fourth-order valence-corrected chi connectivity index (χ4v) is 3.17. The fourth-order valence-electron chi connectivity index (χ4n) is 3.17. The van der Waals surface area contributed by atoms with Gasteiger partial charge in [-0.1, -0.05) is 6.07 Å². The maximum Gasteiger partial charge on any atom is 0.157 e. The molecule has 1 saturated heterocycles. The van der Waals surface area contributed by atoms with Crippen molar-refractivity contribution >= 4 is 5.82 Å². The van der Waals surface area contributed by atoms with E-state index in [0.29, 0.717) is 5.92 Å². The molecule has 4 heterocycles. The number of piperidine rings is 1. The molecule has 4 rings (SSSR count). The number of nitrogens with one attached hydrogen (secondary N) is 1. The van der Waals surface area contributed by atoms with Gasteiger partial charge in [-0.3, -0.25) is 4.98 Å². The van der Waals surface area contributed by atoms with Crippen LogP contribution >= 0.6 is 0 Å². The van der Waals surface area contributed by atoms with E-state index in [1.165, 1.54) is 0 Å². The smallest absolute Gasteiger partial charge is 0.157 e. The minimum atomic E-state index is 0.333. The third kappa shape index (κ3) is 2.79.